The first-order chi connectivity index (χ1) is 13.1. The normalized spacial score (nSPS) is 14.8. The summed E-state index contributed by atoms with van der Waals surface area (Å²) < 4.78 is 11.5. The van der Waals surface area contributed by atoms with Gasteiger partial charge in [-0.1, -0.05) is 31.2 Å². The van der Waals surface area contributed by atoms with Crippen molar-refractivity contribution in [2.24, 2.45) is 0 Å². The molecule has 2 aromatic rings. The number of nitrogens with one attached hydrogen (secondary N) is 2. The largest absolute Gasteiger partial charge is 0.493 e. The van der Waals surface area contributed by atoms with E-state index in [1.807, 2.05) is 36.4 Å². The van der Waals surface area contributed by atoms with Crippen LogP contribution in [-0.2, 0) is 11.2 Å². The summed E-state index contributed by atoms with van der Waals surface area (Å²) in [6, 6.07) is 15.7. The van der Waals surface area contributed by atoms with Crippen molar-refractivity contribution in [1.29, 1.82) is 0 Å². The second kappa shape index (κ2) is 9.19. The standard InChI is InChI=1S/C21H22N2O3S/c1-2-15-7-9-17(10-8-15)25-11-4-12-26-18-6-3-5-16(13-18)14-19-20(24)23-21(27)22-19/h3,5-10,13-14H,2,4,11-12H2,1H3,(H2,22,23,24,27)/b19-14-. The maximum atomic E-state index is 11.7. The lowest BCUT2D eigenvalue weighted by molar-refractivity contribution is -0.115. The van der Waals surface area contributed by atoms with Gasteiger partial charge in [0.05, 0.1) is 13.2 Å². The molecule has 1 aliphatic rings. The molecule has 0 radical (unpaired) electrons. The molecule has 2 N–H and O–H groups in total. The summed E-state index contributed by atoms with van der Waals surface area (Å²) in [5.74, 6) is 1.40. The van der Waals surface area contributed by atoms with E-state index >= 15 is 0 Å². The fraction of sp³-hybridized carbons (Fsp3) is 0.238. The van der Waals surface area contributed by atoms with Crippen molar-refractivity contribution in [1.82, 2.24) is 10.6 Å². The van der Waals surface area contributed by atoms with Crippen LogP contribution >= 0.6 is 12.2 Å². The van der Waals surface area contributed by atoms with Crippen molar-refractivity contribution in [3.63, 3.8) is 0 Å². The molecule has 1 heterocycles. The Hall–Kier alpha value is -2.86. The zero-order chi connectivity index (χ0) is 19.1. The first kappa shape index (κ1) is 18.9. The van der Waals surface area contributed by atoms with E-state index in [4.69, 9.17) is 21.7 Å². The third kappa shape index (κ3) is 5.56. The van der Waals surface area contributed by atoms with Crippen molar-refractivity contribution >= 4 is 29.3 Å². The highest BCUT2D eigenvalue weighted by atomic mass is 32.1. The number of carbonyl (C=O) groups is 1. The fourth-order valence-corrected chi connectivity index (χ4v) is 2.81. The van der Waals surface area contributed by atoms with Gasteiger partial charge in [0.15, 0.2) is 5.11 Å². The number of hydrogen-bond donors (Lipinski definition) is 2. The molecule has 27 heavy (non-hydrogen) atoms. The van der Waals surface area contributed by atoms with Crippen LogP contribution in [0.2, 0.25) is 0 Å². The van der Waals surface area contributed by atoms with Gasteiger partial charge in [-0.05, 0) is 60.1 Å². The van der Waals surface area contributed by atoms with Crippen LogP contribution in [0.15, 0.2) is 54.2 Å². The Balaban J connectivity index is 1.45. The number of thiocarbonyl (C=S) groups is 1. The van der Waals surface area contributed by atoms with E-state index in [1.54, 1.807) is 6.08 Å². The van der Waals surface area contributed by atoms with Gasteiger partial charge in [-0.15, -0.1) is 0 Å². The summed E-state index contributed by atoms with van der Waals surface area (Å²) in [6.45, 7) is 3.28. The van der Waals surface area contributed by atoms with Crippen LogP contribution in [0.3, 0.4) is 0 Å². The predicted octanol–water partition coefficient (Wildman–Crippen LogP) is 3.44. The smallest absolute Gasteiger partial charge is 0.273 e. The molecule has 0 atom stereocenters. The van der Waals surface area contributed by atoms with E-state index < -0.39 is 0 Å². The Labute approximate surface area is 164 Å². The highest BCUT2D eigenvalue weighted by molar-refractivity contribution is 7.80. The SMILES string of the molecule is CCc1ccc(OCCCOc2cccc(/C=C3\NC(=S)NC3=O)c2)cc1. The summed E-state index contributed by atoms with van der Waals surface area (Å²) in [7, 11) is 0. The molecule has 0 saturated carbocycles. The Morgan fingerprint density at radius 1 is 1.00 bits per heavy atom. The zero-order valence-corrected chi connectivity index (χ0v) is 16.0. The van der Waals surface area contributed by atoms with Crippen molar-refractivity contribution in [2.75, 3.05) is 13.2 Å². The van der Waals surface area contributed by atoms with E-state index in [9.17, 15) is 4.79 Å². The number of amides is 1. The molecule has 0 spiro atoms. The van der Waals surface area contributed by atoms with E-state index in [2.05, 4.69) is 29.7 Å². The third-order valence-corrected chi connectivity index (χ3v) is 4.25. The van der Waals surface area contributed by atoms with Gasteiger partial charge in [0.25, 0.3) is 5.91 Å². The monoisotopic (exact) mass is 382 g/mol. The van der Waals surface area contributed by atoms with Crippen LogP contribution in [0, 0.1) is 0 Å². The lowest BCUT2D eigenvalue weighted by atomic mass is 10.2. The van der Waals surface area contributed by atoms with Crippen molar-refractivity contribution in [3.8, 4) is 11.5 Å². The quantitative estimate of drug-likeness (QED) is 0.416. The molecule has 0 unspecified atom stereocenters. The molecular formula is C21H22N2O3S. The topological polar surface area (TPSA) is 59.6 Å². The van der Waals surface area contributed by atoms with Crippen molar-refractivity contribution in [3.05, 3.63) is 65.4 Å². The highest BCUT2D eigenvalue weighted by Crippen LogP contribution is 2.17. The van der Waals surface area contributed by atoms with Crippen LogP contribution in [0.5, 0.6) is 11.5 Å². The van der Waals surface area contributed by atoms with Crippen molar-refractivity contribution < 1.29 is 14.3 Å². The molecule has 5 nitrogen and oxygen atoms in total. The summed E-state index contributed by atoms with van der Waals surface area (Å²) in [6.07, 6.45) is 3.54. The Bertz CT molecular complexity index is 847. The van der Waals surface area contributed by atoms with Gasteiger partial charge in [-0.3, -0.25) is 10.1 Å². The Morgan fingerprint density at radius 3 is 2.41 bits per heavy atom. The molecule has 3 rings (SSSR count). The first-order valence-electron chi connectivity index (χ1n) is 8.92. The number of hydrogen-bond acceptors (Lipinski definition) is 4. The summed E-state index contributed by atoms with van der Waals surface area (Å²) in [5, 5.41) is 5.69. The lowest BCUT2D eigenvalue weighted by Gasteiger charge is -2.09. The van der Waals surface area contributed by atoms with Crippen LogP contribution in [0.25, 0.3) is 6.08 Å². The van der Waals surface area contributed by atoms with Gasteiger partial charge < -0.3 is 14.8 Å². The van der Waals surface area contributed by atoms with Gasteiger partial charge in [0.2, 0.25) is 0 Å². The van der Waals surface area contributed by atoms with Gasteiger partial charge in [-0.2, -0.15) is 0 Å². The summed E-state index contributed by atoms with van der Waals surface area (Å²) >= 11 is 4.92. The van der Waals surface area contributed by atoms with Gasteiger partial charge in [0, 0.05) is 6.42 Å². The molecular weight excluding hydrogens is 360 g/mol. The zero-order valence-electron chi connectivity index (χ0n) is 15.2. The highest BCUT2D eigenvalue weighted by Gasteiger charge is 2.19. The van der Waals surface area contributed by atoms with Crippen LogP contribution in [0.4, 0.5) is 0 Å². The number of aryl methyl sites for hydroxylation is 1. The minimum Gasteiger partial charge on any atom is -0.493 e. The first-order valence-corrected chi connectivity index (χ1v) is 9.33. The Kier molecular flexibility index (Phi) is 6.44. The van der Waals surface area contributed by atoms with E-state index in [-0.39, 0.29) is 5.91 Å². The fourth-order valence-electron chi connectivity index (χ4n) is 2.60. The van der Waals surface area contributed by atoms with E-state index in [0.29, 0.717) is 24.0 Å². The molecule has 1 fully saturated rings. The molecule has 1 amide bonds. The van der Waals surface area contributed by atoms with Crippen LogP contribution < -0.4 is 20.1 Å². The summed E-state index contributed by atoms with van der Waals surface area (Å²) in [5.41, 5.74) is 2.59. The summed E-state index contributed by atoms with van der Waals surface area (Å²) in [4.78, 5) is 11.7. The number of carbonyl (C=O) groups excluding carboxylic acids is 1. The molecule has 1 aliphatic heterocycles. The number of ether oxygens (including phenoxy) is 2. The second-order valence-corrected chi connectivity index (χ2v) is 6.49. The second-order valence-electron chi connectivity index (χ2n) is 6.09. The minimum atomic E-state index is -0.226. The van der Waals surface area contributed by atoms with E-state index in [0.717, 1.165) is 29.9 Å². The van der Waals surface area contributed by atoms with Gasteiger partial charge in [-0.25, -0.2) is 0 Å². The molecule has 0 bridgehead atoms. The molecule has 1 saturated heterocycles. The Morgan fingerprint density at radius 2 is 1.74 bits per heavy atom. The number of rotatable bonds is 8. The van der Waals surface area contributed by atoms with Gasteiger partial charge in [0.1, 0.15) is 17.2 Å². The number of benzene rings is 2. The molecule has 140 valence electrons. The van der Waals surface area contributed by atoms with Crippen LogP contribution in [0.1, 0.15) is 24.5 Å². The molecule has 6 heteroatoms. The van der Waals surface area contributed by atoms with Crippen molar-refractivity contribution in [2.45, 2.75) is 19.8 Å². The lowest BCUT2D eigenvalue weighted by Crippen LogP contribution is -2.21. The average molecular weight is 382 g/mol. The molecule has 0 aromatic heterocycles. The predicted molar refractivity (Wildman–Crippen MR) is 110 cm³/mol. The maximum absolute atomic E-state index is 11.7. The minimum absolute atomic E-state index is 0.226. The molecule has 2 aromatic carbocycles. The van der Waals surface area contributed by atoms with E-state index in [1.165, 1.54) is 5.56 Å². The maximum Gasteiger partial charge on any atom is 0.273 e. The van der Waals surface area contributed by atoms with Crippen LogP contribution in [-0.4, -0.2) is 24.2 Å². The van der Waals surface area contributed by atoms with Gasteiger partial charge >= 0.3 is 0 Å². The third-order valence-electron chi connectivity index (χ3n) is 4.05. The average Bonchev–Trinajstić information content (AvgIpc) is 2.99. The molecule has 0 aliphatic carbocycles.